The second-order valence-corrected chi connectivity index (χ2v) is 5.11. The maximum Gasteiger partial charge on any atom is 0.272 e. The quantitative estimate of drug-likeness (QED) is 0.633. The standard InChI is InChI=1S/C13H17FN2O3/c14-11-5-10(6-12(7-11)16(18)19)8-15-9-13(17)3-1-2-4-13/h5-7,15,17H,1-4,8-9H2. The third-order valence-corrected chi connectivity index (χ3v) is 3.47. The molecule has 0 aromatic heterocycles. The van der Waals surface area contributed by atoms with Crippen molar-refractivity contribution in [2.24, 2.45) is 0 Å². The first-order valence-electron chi connectivity index (χ1n) is 6.35. The van der Waals surface area contributed by atoms with Crippen LogP contribution in [0.2, 0.25) is 0 Å². The average molecular weight is 268 g/mol. The molecule has 0 bridgehead atoms. The number of nitro groups is 1. The molecule has 0 amide bonds. The molecule has 1 aliphatic carbocycles. The van der Waals surface area contributed by atoms with E-state index in [1.54, 1.807) is 0 Å². The highest BCUT2D eigenvalue weighted by molar-refractivity contribution is 5.35. The molecule has 0 spiro atoms. The van der Waals surface area contributed by atoms with E-state index in [-0.39, 0.29) is 5.69 Å². The molecule has 1 aliphatic rings. The van der Waals surface area contributed by atoms with Crippen LogP contribution in [0.3, 0.4) is 0 Å². The topological polar surface area (TPSA) is 75.4 Å². The van der Waals surface area contributed by atoms with Crippen LogP contribution in [0, 0.1) is 15.9 Å². The van der Waals surface area contributed by atoms with Gasteiger partial charge in [-0.15, -0.1) is 0 Å². The van der Waals surface area contributed by atoms with Crippen LogP contribution in [0.4, 0.5) is 10.1 Å². The fourth-order valence-electron chi connectivity index (χ4n) is 2.49. The lowest BCUT2D eigenvalue weighted by molar-refractivity contribution is -0.385. The van der Waals surface area contributed by atoms with Crippen molar-refractivity contribution in [2.45, 2.75) is 37.8 Å². The van der Waals surface area contributed by atoms with Crippen LogP contribution >= 0.6 is 0 Å². The minimum atomic E-state index is -0.681. The van der Waals surface area contributed by atoms with Crippen molar-refractivity contribution in [3.63, 3.8) is 0 Å². The highest BCUT2D eigenvalue weighted by atomic mass is 19.1. The Morgan fingerprint density at radius 1 is 1.37 bits per heavy atom. The highest BCUT2D eigenvalue weighted by Gasteiger charge is 2.30. The average Bonchev–Trinajstić information content (AvgIpc) is 2.75. The number of nitrogens with zero attached hydrogens (tertiary/aromatic N) is 1. The summed E-state index contributed by atoms with van der Waals surface area (Å²) >= 11 is 0. The first-order chi connectivity index (χ1) is 8.98. The monoisotopic (exact) mass is 268 g/mol. The van der Waals surface area contributed by atoms with Gasteiger partial charge in [0.15, 0.2) is 0 Å². The molecule has 2 rings (SSSR count). The molecule has 1 aromatic carbocycles. The summed E-state index contributed by atoms with van der Waals surface area (Å²) in [6, 6.07) is 3.50. The Labute approximate surface area is 110 Å². The Morgan fingerprint density at radius 3 is 2.68 bits per heavy atom. The molecule has 1 saturated carbocycles. The smallest absolute Gasteiger partial charge is 0.272 e. The zero-order chi connectivity index (χ0) is 13.9. The van der Waals surface area contributed by atoms with Gasteiger partial charge in [-0.05, 0) is 24.5 Å². The summed E-state index contributed by atoms with van der Waals surface area (Å²) in [7, 11) is 0. The maximum atomic E-state index is 13.2. The van der Waals surface area contributed by atoms with Crippen molar-refractivity contribution in [3.8, 4) is 0 Å². The number of non-ortho nitro benzene ring substituents is 1. The molecule has 5 nitrogen and oxygen atoms in total. The molecule has 6 heteroatoms. The van der Waals surface area contributed by atoms with E-state index in [9.17, 15) is 19.6 Å². The second kappa shape index (κ2) is 5.63. The Kier molecular flexibility index (Phi) is 4.11. The predicted octanol–water partition coefficient (Wildman–Crippen LogP) is 2.13. The first-order valence-corrected chi connectivity index (χ1v) is 6.35. The van der Waals surface area contributed by atoms with Crippen LogP contribution in [0.15, 0.2) is 18.2 Å². The fourth-order valence-corrected chi connectivity index (χ4v) is 2.49. The molecule has 0 aliphatic heterocycles. The van der Waals surface area contributed by atoms with E-state index < -0.39 is 16.3 Å². The number of benzene rings is 1. The molecule has 104 valence electrons. The van der Waals surface area contributed by atoms with Crippen molar-refractivity contribution >= 4 is 5.69 Å². The zero-order valence-corrected chi connectivity index (χ0v) is 10.6. The number of halogens is 1. The first kappa shape index (κ1) is 13.9. The van der Waals surface area contributed by atoms with Gasteiger partial charge in [0.25, 0.3) is 5.69 Å². The summed E-state index contributed by atoms with van der Waals surface area (Å²) in [4.78, 5) is 10.0. The molecule has 1 aromatic rings. The number of hydrogen-bond donors (Lipinski definition) is 2. The molecule has 0 radical (unpaired) electrons. The summed E-state index contributed by atoms with van der Waals surface area (Å²) in [6.45, 7) is 0.734. The molecule has 1 fully saturated rings. The van der Waals surface area contributed by atoms with Crippen molar-refractivity contribution in [2.75, 3.05) is 6.54 Å². The normalized spacial score (nSPS) is 17.6. The van der Waals surface area contributed by atoms with Crippen molar-refractivity contribution in [3.05, 3.63) is 39.7 Å². The van der Waals surface area contributed by atoms with E-state index in [4.69, 9.17) is 0 Å². The van der Waals surface area contributed by atoms with E-state index in [1.165, 1.54) is 12.1 Å². The SMILES string of the molecule is O=[N+]([O-])c1cc(F)cc(CNCC2(O)CCCC2)c1. The van der Waals surface area contributed by atoms with Gasteiger partial charge in [-0.2, -0.15) is 0 Å². The third-order valence-electron chi connectivity index (χ3n) is 3.47. The van der Waals surface area contributed by atoms with Crippen LogP contribution < -0.4 is 5.32 Å². The summed E-state index contributed by atoms with van der Waals surface area (Å²) in [5.74, 6) is -0.620. The van der Waals surface area contributed by atoms with Crippen molar-refractivity contribution < 1.29 is 14.4 Å². The van der Waals surface area contributed by atoms with Gasteiger partial charge in [0, 0.05) is 19.2 Å². The summed E-state index contributed by atoms with van der Waals surface area (Å²) in [5.41, 5.74) is -0.427. The summed E-state index contributed by atoms with van der Waals surface area (Å²) in [6.07, 6.45) is 3.57. The van der Waals surface area contributed by atoms with Crippen LogP contribution in [0.5, 0.6) is 0 Å². The van der Waals surface area contributed by atoms with E-state index in [0.717, 1.165) is 31.7 Å². The largest absolute Gasteiger partial charge is 0.389 e. The van der Waals surface area contributed by atoms with Gasteiger partial charge < -0.3 is 10.4 Å². The Balaban J connectivity index is 1.94. The predicted molar refractivity (Wildman–Crippen MR) is 68.2 cm³/mol. The van der Waals surface area contributed by atoms with Crippen molar-refractivity contribution in [1.29, 1.82) is 0 Å². The van der Waals surface area contributed by atoms with E-state index in [2.05, 4.69) is 5.32 Å². The lowest BCUT2D eigenvalue weighted by atomic mass is 10.0. The van der Waals surface area contributed by atoms with Crippen molar-refractivity contribution in [1.82, 2.24) is 5.32 Å². The Morgan fingerprint density at radius 2 is 2.05 bits per heavy atom. The molecule has 0 heterocycles. The molecular weight excluding hydrogens is 251 g/mol. The number of aliphatic hydroxyl groups is 1. The van der Waals surface area contributed by atoms with Gasteiger partial charge in [0.05, 0.1) is 16.6 Å². The van der Waals surface area contributed by atoms with E-state index in [1.807, 2.05) is 0 Å². The molecule has 0 saturated heterocycles. The van der Waals surface area contributed by atoms with Crippen LogP contribution in [-0.4, -0.2) is 22.2 Å². The van der Waals surface area contributed by atoms with Gasteiger partial charge in [-0.1, -0.05) is 12.8 Å². The minimum absolute atomic E-state index is 0.253. The zero-order valence-electron chi connectivity index (χ0n) is 10.6. The van der Waals surface area contributed by atoms with Gasteiger partial charge in [0.2, 0.25) is 0 Å². The molecule has 0 atom stereocenters. The molecule has 19 heavy (non-hydrogen) atoms. The summed E-state index contributed by atoms with van der Waals surface area (Å²) in [5, 5.41) is 23.8. The lowest BCUT2D eigenvalue weighted by Gasteiger charge is -2.22. The van der Waals surface area contributed by atoms with Crippen LogP contribution in [-0.2, 0) is 6.54 Å². The van der Waals surface area contributed by atoms with Crippen LogP contribution in [0.25, 0.3) is 0 Å². The number of nitrogens with one attached hydrogen (secondary N) is 1. The van der Waals surface area contributed by atoms with E-state index >= 15 is 0 Å². The Hall–Kier alpha value is -1.53. The Bertz CT molecular complexity index is 473. The number of rotatable bonds is 5. The van der Waals surface area contributed by atoms with Gasteiger partial charge in [-0.25, -0.2) is 4.39 Å². The summed E-state index contributed by atoms with van der Waals surface area (Å²) < 4.78 is 13.2. The van der Waals surface area contributed by atoms with Crippen LogP contribution in [0.1, 0.15) is 31.2 Å². The van der Waals surface area contributed by atoms with E-state index in [0.29, 0.717) is 18.7 Å². The molecule has 0 unspecified atom stereocenters. The fraction of sp³-hybridized carbons (Fsp3) is 0.538. The maximum absolute atomic E-state index is 13.2. The second-order valence-electron chi connectivity index (χ2n) is 5.11. The number of nitro benzene ring substituents is 1. The van der Waals surface area contributed by atoms with Gasteiger partial charge in [-0.3, -0.25) is 10.1 Å². The number of hydrogen-bond acceptors (Lipinski definition) is 4. The molecular formula is C13H17FN2O3. The molecule has 2 N–H and O–H groups in total. The lowest BCUT2D eigenvalue weighted by Crippen LogP contribution is -2.37. The van der Waals surface area contributed by atoms with Gasteiger partial charge >= 0.3 is 0 Å². The minimum Gasteiger partial charge on any atom is -0.389 e. The van der Waals surface area contributed by atoms with Gasteiger partial charge in [0.1, 0.15) is 5.82 Å². The highest BCUT2D eigenvalue weighted by Crippen LogP contribution is 2.28. The third kappa shape index (κ3) is 3.71.